The Labute approximate surface area is 175 Å². The predicted octanol–water partition coefficient (Wildman–Crippen LogP) is 4.44. The number of nitrogens with zero attached hydrogens (tertiary/aromatic N) is 2. The molecule has 0 saturated heterocycles. The fourth-order valence-corrected chi connectivity index (χ4v) is 4.71. The van der Waals surface area contributed by atoms with Crippen molar-refractivity contribution in [3.8, 4) is 5.75 Å². The second-order valence-electron chi connectivity index (χ2n) is 8.18. The molecule has 1 heterocycles. The van der Waals surface area contributed by atoms with Crippen molar-refractivity contribution >= 4 is 34.8 Å². The average Bonchev–Trinajstić information content (AvgIpc) is 2.64. The zero-order valence-corrected chi connectivity index (χ0v) is 18.0. The Kier molecular flexibility index (Phi) is 5.47. The molecule has 1 aliphatic rings. The Hall–Kier alpha value is -2.05. The van der Waals surface area contributed by atoms with E-state index in [1.807, 2.05) is 19.2 Å². The van der Waals surface area contributed by atoms with E-state index in [4.69, 9.17) is 27.9 Å². The summed E-state index contributed by atoms with van der Waals surface area (Å²) >= 11 is 12.0. The molecule has 1 aromatic heterocycles. The zero-order valence-electron chi connectivity index (χ0n) is 16.5. The number of carbonyl (C=O) groups excluding carboxylic acids is 1. The molecule has 1 aliphatic carbocycles. The van der Waals surface area contributed by atoms with Gasteiger partial charge in [-0.25, -0.2) is 9.97 Å². The highest BCUT2D eigenvalue weighted by Crippen LogP contribution is 2.55. The fourth-order valence-electron chi connectivity index (χ4n) is 4.35. The second kappa shape index (κ2) is 7.41. The number of aromatic nitrogens is 2. The van der Waals surface area contributed by atoms with Crippen LogP contribution in [-0.4, -0.2) is 35.1 Å². The first-order chi connectivity index (χ1) is 13.1. The van der Waals surface area contributed by atoms with E-state index >= 15 is 0 Å². The highest BCUT2D eigenvalue weighted by Gasteiger charge is 2.64. The number of hydrogen-bond acceptors (Lipinski definition) is 5. The highest BCUT2D eigenvalue weighted by molar-refractivity contribution is 6.33. The molecule has 2 aromatic rings. The molecule has 1 aromatic carbocycles. The van der Waals surface area contributed by atoms with Crippen molar-refractivity contribution in [1.82, 2.24) is 15.3 Å². The third kappa shape index (κ3) is 3.63. The zero-order chi connectivity index (χ0) is 20.7. The molecular weight excluding hydrogens is 399 g/mol. The number of ether oxygens (including phenoxy) is 1. The van der Waals surface area contributed by atoms with E-state index in [0.717, 1.165) is 5.69 Å². The van der Waals surface area contributed by atoms with Crippen molar-refractivity contribution in [3.05, 3.63) is 46.5 Å². The molecular formula is C20H24Cl2N4O2. The van der Waals surface area contributed by atoms with Crippen molar-refractivity contribution < 1.29 is 9.53 Å². The lowest BCUT2D eigenvalue weighted by atomic mass is 9.49. The first kappa shape index (κ1) is 20.7. The lowest BCUT2D eigenvalue weighted by molar-refractivity contribution is -0.164. The molecule has 1 amide bonds. The van der Waals surface area contributed by atoms with Gasteiger partial charge in [0.25, 0.3) is 5.91 Å². The monoisotopic (exact) mass is 422 g/mol. The van der Waals surface area contributed by atoms with Crippen molar-refractivity contribution in [3.63, 3.8) is 0 Å². The summed E-state index contributed by atoms with van der Waals surface area (Å²) in [5.74, 6) is 0.466. The molecule has 28 heavy (non-hydrogen) atoms. The minimum atomic E-state index is -0.291. The molecule has 2 N–H and O–H groups in total. The van der Waals surface area contributed by atoms with E-state index in [9.17, 15) is 4.79 Å². The summed E-state index contributed by atoms with van der Waals surface area (Å²) in [5, 5.41) is 6.84. The quantitative estimate of drug-likeness (QED) is 0.696. The van der Waals surface area contributed by atoms with Gasteiger partial charge in [0.05, 0.1) is 16.3 Å². The van der Waals surface area contributed by atoms with Crippen LogP contribution in [0.5, 0.6) is 5.75 Å². The minimum Gasteiger partial charge on any atom is -0.489 e. The summed E-state index contributed by atoms with van der Waals surface area (Å²) < 4.78 is 6.29. The van der Waals surface area contributed by atoms with Crippen LogP contribution in [0.4, 0.5) is 5.69 Å². The molecule has 0 unspecified atom stereocenters. The van der Waals surface area contributed by atoms with Gasteiger partial charge in [-0.2, -0.15) is 0 Å². The number of anilines is 1. The molecule has 6 nitrogen and oxygen atoms in total. The molecule has 0 radical (unpaired) electrons. The van der Waals surface area contributed by atoms with Gasteiger partial charge in [-0.1, -0.05) is 39.3 Å². The van der Waals surface area contributed by atoms with Gasteiger partial charge in [-0.05, 0) is 23.7 Å². The molecule has 0 bridgehead atoms. The summed E-state index contributed by atoms with van der Waals surface area (Å²) in [7, 11) is 1.82. The lowest BCUT2D eigenvalue weighted by Gasteiger charge is -2.63. The molecule has 150 valence electrons. The second-order valence-corrected chi connectivity index (χ2v) is 8.92. The summed E-state index contributed by atoms with van der Waals surface area (Å²) in [6.45, 7) is 8.32. The van der Waals surface area contributed by atoms with Crippen LogP contribution in [0.3, 0.4) is 0 Å². The largest absolute Gasteiger partial charge is 0.489 e. The smallest absolute Gasteiger partial charge is 0.254 e. The first-order valence-electron chi connectivity index (χ1n) is 8.99. The number of halogens is 2. The van der Waals surface area contributed by atoms with Crippen molar-refractivity contribution in [2.75, 3.05) is 12.4 Å². The Morgan fingerprint density at radius 2 is 1.71 bits per heavy atom. The van der Waals surface area contributed by atoms with Gasteiger partial charge in [-0.3, -0.25) is 4.79 Å². The standard InChI is InChI=1S/C20H24Cl2N4O2/c1-19(2)16(26-15(27)11-9-24-18(22)25-10-11)20(3,4)17(19)28-12-6-7-14(23-5)13(21)8-12/h6-10,16-17,23H,1-5H3,(H,26,27). The van der Waals surface area contributed by atoms with Gasteiger partial charge in [0.1, 0.15) is 11.9 Å². The Morgan fingerprint density at radius 3 is 2.25 bits per heavy atom. The van der Waals surface area contributed by atoms with Crippen LogP contribution in [0.15, 0.2) is 30.6 Å². The Bertz CT molecular complexity index is 868. The van der Waals surface area contributed by atoms with Gasteiger partial charge in [-0.15, -0.1) is 0 Å². The van der Waals surface area contributed by atoms with Crippen LogP contribution in [0.25, 0.3) is 0 Å². The fraction of sp³-hybridized carbons (Fsp3) is 0.450. The minimum absolute atomic E-state index is 0.0970. The number of benzene rings is 1. The van der Waals surface area contributed by atoms with Crippen molar-refractivity contribution in [2.24, 2.45) is 10.8 Å². The van der Waals surface area contributed by atoms with Crippen LogP contribution in [0, 0.1) is 10.8 Å². The van der Waals surface area contributed by atoms with Gasteiger partial charge in [0.2, 0.25) is 5.28 Å². The molecule has 3 rings (SSSR count). The normalized spacial score (nSPS) is 22.1. The van der Waals surface area contributed by atoms with Crippen LogP contribution in [0.2, 0.25) is 10.3 Å². The molecule has 8 heteroatoms. The average molecular weight is 423 g/mol. The maximum atomic E-state index is 12.6. The maximum absolute atomic E-state index is 12.6. The Balaban J connectivity index is 1.75. The third-order valence-electron chi connectivity index (χ3n) is 5.46. The van der Waals surface area contributed by atoms with E-state index in [2.05, 4.69) is 48.3 Å². The lowest BCUT2D eigenvalue weighted by Crippen LogP contribution is -2.74. The molecule has 1 fully saturated rings. The third-order valence-corrected chi connectivity index (χ3v) is 5.97. The van der Waals surface area contributed by atoms with Crippen molar-refractivity contribution in [2.45, 2.75) is 39.8 Å². The van der Waals surface area contributed by atoms with Gasteiger partial charge >= 0.3 is 0 Å². The number of amides is 1. The number of nitrogens with one attached hydrogen (secondary N) is 2. The van der Waals surface area contributed by atoms with Crippen LogP contribution in [-0.2, 0) is 0 Å². The highest BCUT2D eigenvalue weighted by atomic mass is 35.5. The van der Waals surface area contributed by atoms with Gasteiger partial charge in [0.15, 0.2) is 0 Å². The van der Waals surface area contributed by atoms with Gasteiger partial charge < -0.3 is 15.4 Å². The number of rotatable bonds is 5. The maximum Gasteiger partial charge on any atom is 0.254 e. The number of hydrogen-bond donors (Lipinski definition) is 2. The Morgan fingerprint density at radius 1 is 1.11 bits per heavy atom. The molecule has 1 saturated carbocycles. The van der Waals surface area contributed by atoms with E-state index < -0.39 is 0 Å². The van der Waals surface area contributed by atoms with E-state index in [1.165, 1.54) is 12.4 Å². The van der Waals surface area contributed by atoms with Crippen molar-refractivity contribution in [1.29, 1.82) is 0 Å². The van der Waals surface area contributed by atoms with Crippen LogP contribution in [0.1, 0.15) is 38.1 Å². The molecule has 0 spiro atoms. The van der Waals surface area contributed by atoms with E-state index in [0.29, 0.717) is 16.3 Å². The molecule has 0 aliphatic heterocycles. The topological polar surface area (TPSA) is 76.1 Å². The summed E-state index contributed by atoms with van der Waals surface area (Å²) in [6.07, 6.45) is 2.73. The predicted molar refractivity (Wildman–Crippen MR) is 111 cm³/mol. The summed E-state index contributed by atoms with van der Waals surface area (Å²) in [4.78, 5) is 20.4. The summed E-state index contributed by atoms with van der Waals surface area (Å²) in [6, 6.07) is 5.48. The van der Waals surface area contributed by atoms with Gasteiger partial charge in [0, 0.05) is 42.4 Å². The first-order valence-corrected chi connectivity index (χ1v) is 9.75. The SMILES string of the molecule is CNc1ccc(OC2C(C)(C)C(NC(=O)c3cnc(Cl)nc3)C2(C)C)cc1Cl. The van der Waals surface area contributed by atoms with Crippen LogP contribution >= 0.6 is 23.2 Å². The molecule has 0 atom stereocenters. The number of carbonyl (C=O) groups is 1. The summed E-state index contributed by atoms with van der Waals surface area (Å²) in [5.41, 5.74) is 0.632. The van der Waals surface area contributed by atoms with E-state index in [-0.39, 0.29) is 34.2 Å². The van der Waals surface area contributed by atoms with E-state index in [1.54, 1.807) is 6.07 Å². The van der Waals surface area contributed by atoms with Crippen LogP contribution < -0.4 is 15.4 Å².